The van der Waals surface area contributed by atoms with Gasteiger partial charge in [-0.2, -0.15) is 0 Å². The summed E-state index contributed by atoms with van der Waals surface area (Å²) in [5.74, 6) is 0.521. The van der Waals surface area contributed by atoms with Crippen LogP contribution in [0.1, 0.15) is 70.6 Å². The van der Waals surface area contributed by atoms with Gasteiger partial charge in [-0.1, -0.05) is 38.5 Å². The molecule has 138 valence electrons. The third-order valence-electron chi connectivity index (χ3n) is 5.99. The largest absolute Gasteiger partial charge is 0.350 e. The first-order valence-electron chi connectivity index (χ1n) is 9.47. The number of carbonyl (C=O) groups excluding carboxylic acids is 2. The molecule has 1 heterocycles. The number of rotatable bonds is 3. The van der Waals surface area contributed by atoms with Crippen LogP contribution in [0.5, 0.6) is 0 Å². The molecule has 1 atom stereocenters. The van der Waals surface area contributed by atoms with Crippen molar-refractivity contribution in [3.8, 4) is 0 Å². The van der Waals surface area contributed by atoms with Crippen LogP contribution < -0.4 is 11.1 Å². The van der Waals surface area contributed by atoms with Gasteiger partial charge in [-0.25, -0.2) is 0 Å². The van der Waals surface area contributed by atoms with Crippen LogP contribution in [0.2, 0.25) is 0 Å². The Balaban J connectivity index is 0.00000208. The second-order valence-electron chi connectivity index (χ2n) is 7.80. The highest BCUT2D eigenvalue weighted by atomic mass is 35.5. The van der Waals surface area contributed by atoms with E-state index >= 15 is 0 Å². The number of likely N-dealkylation sites (tertiary alicyclic amines) is 1. The molecule has 3 N–H and O–H groups in total. The monoisotopic (exact) mass is 357 g/mol. The van der Waals surface area contributed by atoms with Crippen molar-refractivity contribution in [2.45, 2.75) is 82.2 Å². The van der Waals surface area contributed by atoms with Gasteiger partial charge in [0.05, 0.1) is 5.54 Å². The average molecular weight is 358 g/mol. The van der Waals surface area contributed by atoms with E-state index in [0.29, 0.717) is 12.5 Å². The minimum absolute atomic E-state index is 0. The van der Waals surface area contributed by atoms with Crippen molar-refractivity contribution in [1.82, 2.24) is 10.2 Å². The molecule has 0 radical (unpaired) electrons. The second-order valence-corrected chi connectivity index (χ2v) is 7.80. The Labute approximate surface area is 151 Å². The van der Waals surface area contributed by atoms with Crippen molar-refractivity contribution in [3.05, 3.63) is 0 Å². The van der Waals surface area contributed by atoms with Gasteiger partial charge in [-0.05, 0) is 32.1 Å². The van der Waals surface area contributed by atoms with Crippen LogP contribution >= 0.6 is 12.4 Å². The number of nitrogens with two attached hydrogens (primary N) is 1. The first kappa shape index (κ1) is 19.5. The van der Waals surface area contributed by atoms with E-state index in [1.165, 1.54) is 25.7 Å². The number of halogens is 1. The molecule has 0 aromatic carbocycles. The predicted octanol–water partition coefficient (Wildman–Crippen LogP) is 2.37. The Morgan fingerprint density at radius 3 is 2.25 bits per heavy atom. The molecule has 1 unspecified atom stereocenters. The highest BCUT2D eigenvalue weighted by Crippen LogP contribution is 2.28. The first-order valence-corrected chi connectivity index (χ1v) is 9.47. The van der Waals surface area contributed by atoms with Gasteiger partial charge in [0.25, 0.3) is 0 Å². The van der Waals surface area contributed by atoms with Crippen molar-refractivity contribution in [2.75, 3.05) is 13.1 Å². The summed E-state index contributed by atoms with van der Waals surface area (Å²) < 4.78 is 0. The molecular formula is C18H32ClN3O2. The maximum atomic E-state index is 12.6. The molecule has 2 amide bonds. The molecule has 0 bridgehead atoms. The molecule has 0 aromatic rings. The van der Waals surface area contributed by atoms with Crippen LogP contribution in [0.3, 0.4) is 0 Å². The van der Waals surface area contributed by atoms with Crippen molar-refractivity contribution >= 4 is 24.2 Å². The molecule has 3 aliphatic rings. The summed E-state index contributed by atoms with van der Waals surface area (Å²) in [4.78, 5) is 27.1. The first-order chi connectivity index (χ1) is 11.1. The van der Waals surface area contributed by atoms with Crippen molar-refractivity contribution in [3.63, 3.8) is 0 Å². The van der Waals surface area contributed by atoms with E-state index in [-0.39, 0.29) is 30.3 Å². The molecule has 5 nitrogen and oxygen atoms in total. The van der Waals surface area contributed by atoms with Crippen LogP contribution in [-0.2, 0) is 9.59 Å². The zero-order chi connectivity index (χ0) is 16.3. The van der Waals surface area contributed by atoms with Gasteiger partial charge >= 0.3 is 0 Å². The quantitative estimate of drug-likeness (QED) is 0.814. The summed E-state index contributed by atoms with van der Waals surface area (Å²) >= 11 is 0. The Hall–Kier alpha value is -0.810. The molecule has 3 fully saturated rings. The van der Waals surface area contributed by atoms with E-state index in [2.05, 4.69) is 5.32 Å². The molecular weight excluding hydrogens is 326 g/mol. The van der Waals surface area contributed by atoms with E-state index in [1.807, 2.05) is 4.90 Å². The molecule has 24 heavy (non-hydrogen) atoms. The number of nitrogens with zero attached hydrogens (tertiary/aromatic N) is 1. The minimum atomic E-state index is -0.681. The summed E-state index contributed by atoms with van der Waals surface area (Å²) in [6.45, 7) is 1.44. The summed E-state index contributed by atoms with van der Waals surface area (Å²) in [6.07, 6.45) is 11.4. The van der Waals surface area contributed by atoms with Crippen LogP contribution in [0, 0.1) is 5.92 Å². The molecule has 3 rings (SSSR count). The average Bonchev–Trinajstić information content (AvgIpc) is 3.04. The smallest absolute Gasteiger partial charge is 0.240 e. The zero-order valence-electron chi connectivity index (χ0n) is 14.6. The molecule has 0 spiro atoms. The lowest BCUT2D eigenvalue weighted by Crippen LogP contribution is -2.57. The highest BCUT2D eigenvalue weighted by molar-refractivity contribution is 5.86. The number of carbonyl (C=O) groups is 2. The van der Waals surface area contributed by atoms with E-state index in [9.17, 15) is 9.59 Å². The van der Waals surface area contributed by atoms with E-state index in [0.717, 1.165) is 51.5 Å². The van der Waals surface area contributed by atoms with Gasteiger partial charge in [-0.15, -0.1) is 12.4 Å². The van der Waals surface area contributed by atoms with Gasteiger partial charge in [0.15, 0.2) is 0 Å². The lowest BCUT2D eigenvalue weighted by Gasteiger charge is -2.33. The van der Waals surface area contributed by atoms with E-state index in [1.54, 1.807) is 0 Å². The van der Waals surface area contributed by atoms with Crippen LogP contribution in [0.4, 0.5) is 0 Å². The Kier molecular flexibility index (Phi) is 6.93. The molecule has 2 saturated carbocycles. The number of hydrogen-bond donors (Lipinski definition) is 2. The fourth-order valence-corrected chi connectivity index (χ4v) is 4.42. The lowest BCUT2D eigenvalue weighted by molar-refractivity contribution is -0.136. The molecule has 6 heteroatoms. The van der Waals surface area contributed by atoms with Gasteiger partial charge in [0, 0.05) is 25.0 Å². The summed E-state index contributed by atoms with van der Waals surface area (Å²) in [5.41, 5.74) is 5.62. The Bertz CT molecular complexity index is 446. The van der Waals surface area contributed by atoms with Crippen molar-refractivity contribution < 1.29 is 9.59 Å². The zero-order valence-corrected chi connectivity index (χ0v) is 15.4. The van der Waals surface area contributed by atoms with Crippen LogP contribution in [0.25, 0.3) is 0 Å². The van der Waals surface area contributed by atoms with Gasteiger partial charge in [0.2, 0.25) is 11.8 Å². The fourth-order valence-electron chi connectivity index (χ4n) is 4.42. The maximum Gasteiger partial charge on any atom is 0.240 e. The molecule has 2 aliphatic carbocycles. The van der Waals surface area contributed by atoms with Gasteiger partial charge < -0.3 is 16.0 Å². The summed E-state index contributed by atoms with van der Waals surface area (Å²) in [5, 5.41) is 3.12. The number of hydrogen-bond acceptors (Lipinski definition) is 3. The topological polar surface area (TPSA) is 75.4 Å². The van der Waals surface area contributed by atoms with E-state index < -0.39 is 5.54 Å². The minimum Gasteiger partial charge on any atom is -0.350 e. The third kappa shape index (κ3) is 4.42. The van der Waals surface area contributed by atoms with Gasteiger partial charge in [-0.3, -0.25) is 9.59 Å². The Morgan fingerprint density at radius 1 is 0.958 bits per heavy atom. The van der Waals surface area contributed by atoms with Gasteiger partial charge in [0.1, 0.15) is 0 Å². The highest BCUT2D eigenvalue weighted by Gasteiger charge is 2.38. The fraction of sp³-hybridized carbons (Fsp3) is 0.889. The molecule has 1 aliphatic heterocycles. The van der Waals surface area contributed by atoms with Crippen LogP contribution in [0.15, 0.2) is 0 Å². The summed E-state index contributed by atoms with van der Waals surface area (Å²) in [6, 6.07) is 0.0809. The normalized spacial score (nSPS) is 27.4. The van der Waals surface area contributed by atoms with Crippen molar-refractivity contribution in [1.29, 1.82) is 0 Å². The standard InChI is InChI=1S/C18H31N3O2.ClH/c19-18(10-5-2-6-11-18)17(23)20-15-9-12-21(13-15)16(22)14-7-3-1-4-8-14;/h14-15H,1-13,19H2,(H,20,23);1H. The Morgan fingerprint density at radius 2 is 1.58 bits per heavy atom. The second kappa shape index (κ2) is 8.52. The number of nitrogens with one attached hydrogen (secondary N) is 1. The molecule has 1 saturated heterocycles. The van der Waals surface area contributed by atoms with E-state index in [4.69, 9.17) is 5.73 Å². The van der Waals surface area contributed by atoms with Crippen LogP contribution in [-0.4, -0.2) is 41.4 Å². The number of amides is 2. The SMILES string of the molecule is Cl.NC1(C(=O)NC2CCN(C(=O)C3CCCCC3)C2)CCCCC1. The third-order valence-corrected chi connectivity index (χ3v) is 5.99. The molecule has 0 aromatic heterocycles. The summed E-state index contributed by atoms with van der Waals surface area (Å²) in [7, 11) is 0. The lowest BCUT2D eigenvalue weighted by atomic mass is 9.81. The maximum absolute atomic E-state index is 12.6. The predicted molar refractivity (Wildman–Crippen MR) is 97.0 cm³/mol. The van der Waals surface area contributed by atoms with Crippen molar-refractivity contribution in [2.24, 2.45) is 11.7 Å².